The molecule has 1 heterocycles. The fraction of sp³-hybridized carbons (Fsp3) is 0.533. The number of hydrogen-bond donors (Lipinski definition) is 1. The summed E-state index contributed by atoms with van der Waals surface area (Å²) >= 11 is 2.26. The third kappa shape index (κ3) is 3.71. The van der Waals surface area contributed by atoms with Gasteiger partial charge in [-0.2, -0.15) is 0 Å². The summed E-state index contributed by atoms with van der Waals surface area (Å²) in [6.45, 7) is 8.45. The normalized spacial score (nSPS) is 19.9. The molecule has 0 aliphatic carbocycles. The Morgan fingerprint density at radius 2 is 2.35 bits per heavy atom. The second kappa shape index (κ2) is 7.38. The van der Waals surface area contributed by atoms with Crippen LogP contribution in [0.25, 0.3) is 0 Å². The van der Waals surface area contributed by atoms with Crippen LogP contribution in [0.1, 0.15) is 29.8 Å². The molecule has 1 saturated heterocycles. The van der Waals surface area contributed by atoms with E-state index in [0.29, 0.717) is 18.2 Å². The van der Waals surface area contributed by atoms with Crippen molar-refractivity contribution in [2.45, 2.75) is 26.4 Å². The number of esters is 1. The number of nitrogens with zero attached hydrogens (tertiary/aromatic N) is 1. The van der Waals surface area contributed by atoms with Gasteiger partial charge in [-0.25, -0.2) is 4.79 Å². The van der Waals surface area contributed by atoms with Crippen molar-refractivity contribution in [3.8, 4) is 0 Å². The average molecular weight is 388 g/mol. The van der Waals surface area contributed by atoms with E-state index in [2.05, 4.69) is 45.8 Å². The third-order valence-corrected chi connectivity index (χ3v) is 4.86. The van der Waals surface area contributed by atoms with Crippen molar-refractivity contribution in [2.24, 2.45) is 0 Å². The van der Waals surface area contributed by atoms with Crippen molar-refractivity contribution < 1.29 is 9.53 Å². The lowest BCUT2D eigenvalue weighted by molar-refractivity contribution is 0.0524. The molecule has 1 unspecified atom stereocenters. The highest BCUT2D eigenvalue weighted by Gasteiger charge is 2.20. The average Bonchev–Trinajstić information content (AvgIpc) is 2.43. The first-order valence-corrected chi connectivity index (χ1v) is 8.10. The van der Waals surface area contributed by atoms with Gasteiger partial charge >= 0.3 is 5.97 Å². The Kier molecular flexibility index (Phi) is 5.80. The lowest BCUT2D eigenvalue weighted by Crippen LogP contribution is -2.49. The van der Waals surface area contributed by atoms with Crippen LogP contribution in [0.4, 0.5) is 0 Å². The number of carbonyl (C=O) groups is 1. The van der Waals surface area contributed by atoms with Gasteiger partial charge in [0.25, 0.3) is 0 Å². The Balaban J connectivity index is 2.15. The lowest BCUT2D eigenvalue weighted by Gasteiger charge is -2.34. The number of halogens is 1. The van der Waals surface area contributed by atoms with Crippen LogP contribution in [0.2, 0.25) is 0 Å². The Bertz CT molecular complexity index is 479. The molecule has 1 aromatic carbocycles. The number of ether oxygens (including phenoxy) is 1. The summed E-state index contributed by atoms with van der Waals surface area (Å²) in [5.74, 6) is -0.230. The van der Waals surface area contributed by atoms with Gasteiger partial charge in [0.05, 0.1) is 12.2 Å². The molecule has 2 rings (SSSR count). The van der Waals surface area contributed by atoms with Gasteiger partial charge in [0, 0.05) is 35.8 Å². The summed E-state index contributed by atoms with van der Waals surface area (Å²) in [7, 11) is 0. The Morgan fingerprint density at radius 1 is 1.55 bits per heavy atom. The largest absolute Gasteiger partial charge is 0.462 e. The number of piperazine rings is 1. The number of rotatable bonds is 4. The van der Waals surface area contributed by atoms with Crippen molar-refractivity contribution >= 4 is 28.6 Å². The summed E-state index contributed by atoms with van der Waals surface area (Å²) in [6, 6.07) is 6.39. The van der Waals surface area contributed by atoms with E-state index in [4.69, 9.17) is 4.74 Å². The van der Waals surface area contributed by atoms with Crippen LogP contribution in [-0.4, -0.2) is 43.2 Å². The predicted molar refractivity (Wildman–Crippen MR) is 87.9 cm³/mol. The van der Waals surface area contributed by atoms with Crippen LogP contribution >= 0.6 is 22.6 Å². The zero-order valence-corrected chi connectivity index (χ0v) is 14.1. The molecule has 1 N–H and O–H groups in total. The van der Waals surface area contributed by atoms with Crippen LogP contribution in [0, 0.1) is 3.57 Å². The highest BCUT2D eigenvalue weighted by atomic mass is 127. The molecule has 5 heteroatoms. The van der Waals surface area contributed by atoms with Crippen LogP contribution in [0.3, 0.4) is 0 Å². The van der Waals surface area contributed by atoms with E-state index in [-0.39, 0.29) is 5.97 Å². The van der Waals surface area contributed by atoms with E-state index in [9.17, 15) is 4.79 Å². The first-order chi connectivity index (χ1) is 9.63. The number of hydrogen-bond acceptors (Lipinski definition) is 4. The second-order valence-electron chi connectivity index (χ2n) is 5.02. The van der Waals surface area contributed by atoms with E-state index in [0.717, 1.165) is 29.7 Å². The topological polar surface area (TPSA) is 41.6 Å². The molecule has 0 bridgehead atoms. The maximum Gasteiger partial charge on any atom is 0.339 e. The Hall–Kier alpha value is -0.660. The molecule has 0 saturated carbocycles. The minimum atomic E-state index is -0.230. The maximum absolute atomic E-state index is 11.9. The van der Waals surface area contributed by atoms with E-state index in [1.165, 1.54) is 5.56 Å². The molecule has 20 heavy (non-hydrogen) atoms. The second-order valence-corrected chi connectivity index (χ2v) is 6.10. The maximum atomic E-state index is 11.9. The van der Waals surface area contributed by atoms with Gasteiger partial charge in [0.1, 0.15) is 0 Å². The quantitative estimate of drug-likeness (QED) is 0.635. The van der Waals surface area contributed by atoms with Crippen molar-refractivity contribution in [3.63, 3.8) is 0 Å². The van der Waals surface area contributed by atoms with E-state index in [1.807, 2.05) is 19.1 Å². The van der Waals surface area contributed by atoms with Crippen molar-refractivity contribution in [3.05, 3.63) is 32.9 Å². The Morgan fingerprint density at radius 3 is 3.05 bits per heavy atom. The molecule has 0 aromatic heterocycles. The van der Waals surface area contributed by atoms with Gasteiger partial charge in [-0.1, -0.05) is 12.1 Å². The zero-order chi connectivity index (χ0) is 14.5. The van der Waals surface area contributed by atoms with Gasteiger partial charge in [-0.05, 0) is 48.1 Å². The summed E-state index contributed by atoms with van der Waals surface area (Å²) in [5.41, 5.74) is 1.87. The lowest BCUT2D eigenvalue weighted by atomic mass is 10.1. The molecule has 0 radical (unpaired) electrons. The third-order valence-electron chi connectivity index (χ3n) is 3.59. The molecular weight excluding hydrogens is 367 g/mol. The minimum Gasteiger partial charge on any atom is -0.462 e. The Labute approximate surface area is 134 Å². The molecule has 1 atom stereocenters. The van der Waals surface area contributed by atoms with E-state index < -0.39 is 0 Å². The summed E-state index contributed by atoms with van der Waals surface area (Å²) in [6.07, 6.45) is 0. The van der Waals surface area contributed by atoms with E-state index in [1.54, 1.807) is 0 Å². The molecule has 4 nitrogen and oxygen atoms in total. The van der Waals surface area contributed by atoms with Crippen molar-refractivity contribution in [1.29, 1.82) is 0 Å². The highest BCUT2D eigenvalue weighted by molar-refractivity contribution is 14.1. The number of carbonyl (C=O) groups excluding carboxylic acids is 1. The van der Waals surface area contributed by atoms with Crippen LogP contribution < -0.4 is 5.32 Å². The fourth-order valence-electron chi connectivity index (χ4n) is 2.41. The van der Waals surface area contributed by atoms with Gasteiger partial charge in [0.2, 0.25) is 0 Å². The molecule has 110 valence electrons. The number of benzene rings is 1. The first-order valence-electron chi connectivity index (χ1n) is 7.02. The SMILES string of the molecule is CCOC(=O)c1cccc(CN2CCNCC2C)c1I. The first kappa shape index (κ1) is 15.7. The number of nitrogens with one attached hydrogen (secondary N) is 1. The van der Waals surface area contributed by atoms with E-state index >= 15 is 0 Å². The molecule has 1 aliphatic heterocycles. The zero-order valence-electron chi connectivity index (χ0n) is 12.0. The molecular formula is C15H21IN2O2. The molecule has 1 aliphatic rings. The standard InChI is InChI=1S/C15H21IN2O2/c1-3-20-15(19)13-6-4-5-12(14(13)16)10-18-8-7-17-9-11(18)2/h4-6,11,17H,3,7-10H2,1-2H3. The van der Waals surface area contributed by atoms with Crippen molar-refractivity contribution in [1.82, 2.24) is 10.2 Å². The van der Waals surface area contributed by atoms with Gasteiger partial charge in [-0.15, -0.1) is 0 Å². The van der Waals surface area contributed by atoms with Crippen LogP contribution in [-0.2, 0) is 11.3 Å². The van der Waals surface area contributed by atoms with Gasteiger partial charge in [0.15, 0.2) is 0 Å². The molecule has 0 spiro atoms. The highest BCUT2D eigenvalue weighted by Crippen LogP contribution is 2.21. The molecule has 0 amide bonds. The molecule has 1 aromatic rings. The van der Waals surface area contributed by atoms with Crippen LogP contribution in [0.5, 0.6) is 0 Å². The fourth-order valence-corrected chi connectivity index (χ4v) is 3.16. The van der Waals surface area contributed by atoms with Crippen molar-refractivity contribution in [2.75, 3.05) is 26.2 Å². The summed E-state index contributed by atoms with van der Waals surface area (Å²) < 4.78 is 6.12. The molecule has 1 fully saturated rings. The van der Waals surface area contributed by atoms with Crippen LogP contribution in [0.15, 0.2) is 18.2 Å². The predicted octanol–water partition coefficient (Wildman–Crippen LogP) is 2.26. The smallest absolute Gasteiger partial charge is 0.339 e. The summed E-state index contributed by atoms with van der Waals surface area (Å²) in [4.78, 5) is 14.4. The van der Waals surface area contributed by atoms with Gasteiger partial charge < -0.3 is 10.1 Å². The monoisotopic (exact) mass is 388 g/mol. The van der Waals surface area contributed by atoms with Gasteiger partial charge in [-0.3, -0.25) is 4.90 Å². The summed E-state index contributed by atoms with van der Waals surface area (Å²) in [5, 5.41) is 3.39. The minimum absolute atomic E-state index is 0.230.